The van der Waals surface area contributed by atoms with Crippen LogP contribution in [0.2, 0.25) is 0 Å². The van der Waals surface area contributed by atoms with E-state index in [0.29, 0.717) is 19.6 Å². The van der Waals surface area contributed by atoms with Gasteiger partial charge in [0, 0.05) is 19.6 Å². The predicted molar refractivity (Wildman–Crippen MR) is 66.5 cm³/mol. The molecule has 0 radical (unpaired) electrons. The lowest BCUT2D eigenvalue weighted by molar-refractivity contribution is -0.145. The molecule has 7 heteroatoms. The summed E-state index contributed by atoms with van der Waals surface area (Å²) in [5.74, 6) is -1.23. The summed E-state index contributed by atoms with van der Waals surface area (Å²) < 4.78 is 0. The molecule has 2 unspecified atom stereocenters. The molecule has 0 aromatic carbocycles. The predicted octanol–water partition coefficient (Wildman–Crippen LogP) is -0.277. The summed E-state index contributed by atoms with van der Waals surface area (Å²) in [7, 11) is 0. The third kappa shape index (κ3) is 2.80. The zero-order valence-corrected chi connectivity index (χ0v) is 11.0. The minimum Gasteiger partial charge on any atom is -0.480 e. The van der Waals surface area contributed by atoms with E-state index in [1.165, 1.54) is 9.80 Å². The van der Waals surface area contributed by atoms with Crippen molar-refractivity contribution in [2.45, 2.75) is 25.8 Å². The van der Waals surface area contributed by atoms with Crippen molar-refractivity contribution in [2.75, 3.05) is 26.2 Å². The Morgan fingerprint density at radius 3 is 2.74 bits per heavy atom. The minimum atomic E-state index is -0.970. The fourth-order valence-electron chi connectivity index (χ4n) is 2.76. The Hall–Kier alpha value is -1.79. The molecule has 0 aromatic heterocycles. The molecule has 2 saturated heterocycles. The molecule has 2 heterocycles. The zero-order chi connectivity index (χ0) is 14.0. The third-order valence-corrected chi connectivity index (χ3v) is 3.74. The van der Waals surface area contributed by atoms with Gasteiger partial charge < -0.3 is 20.2 Å². The van der Waals surface area contributed by atoms with Crippen molar-refractivity contribution in [3.05, 3.63) is 0 Å². The summed E-state index contributed by atoms with van der Waals surface area (Å²) in [5.41, 5.74) is 0. The molecule has 0 saturated carbocycles. The number of amides is 3. The molecule has 2 atom stereocenters. The molecular weight excluding hydrogens is 250 g/mol. The first kappa shape index (κ1) is 13.6. The molecule has 3 amide bonds. The molecule has 106 valence electrons. The highest BCUT2D eigenvalue weighted by molar-refractivity contribution is 5.87. The van der Waals surface area contributed by atoms with Gasteiger partial charge in [-0.3, -0.25) is 4.79 Å². The van der Waals surface area contributed by atoms with Gasteiger partial charge in [0.2, 0.25) is 5.91 Å². The smallest absolute Gasteiger partial charge is 0.326 e. The summed E-state index contributed by atoms with van der Waals surface area (Å²) in [6.07, 6.45) is 1.61. The first-order valence-electron chi connectivity index (χ1n) is 6.55. The molecule has 7 nitrogen and oxygen atoms in total. The van der Waals surface area contributed by atoms with Crippen molar-refractivity contribution in [3.63, 3.8) is 0 Å². The molecule has 19 heavy (non-hydrogen) atoms. The number of hydrogen-bond acceptors (Lipinski definition) is 3. The summed E-state index contributed by atoms with van der Waals surface area (Å²) in [6, 6.07) is -1.12. The topological polar surface area (TPSA) is 90.0 Å². The van der Waals surface area contributed by atoms with E-state index in [1.807, 2.05) is 6.92 Å². The first-order valence-corrected chi connectivity index (χ1v) is 6.55. The fraction of sp³-hybridized carbons (Fsp3) is 0.750. The van der Waals surface area contributed by atoms with Crippen molar-refractivity contribution in [2.24, 2.45) is 5.92 Å². The van der Waals surface area contributed by atoms with E-state index in [1.54, 1.807) is 0 Å². The second kappa shape index (κ2) is 5.46. The van der Waals surface area contributed by atoms with Gasteiger partial charge in [0.25, 0.3) is 0 Å². The number of piperidine rings is 1. The lowest BCUT2D eigenvalue weighted by Crippen LogP contribution is -2.59. The average Bonchev–Trinajstić information content (AvgIpc) is 2.37. The lowest BCUT2D eigenvalue weighted by atomic mass is 9.91. The normalized spacial score (nSPS) is 27.9. The monoisotopic (exact) mass is 269 g/mol. The Morgan fingerprint density at radius 2 is 2.11 bits per heavy atom. The van der Waals surface area contributed by atoms with E-state index in [0.717, 1.165) is 12.8 Å². The second-order valence-electron chi connectivity index (χ2n) is 5.15. The number of hydrogen-bond donors (Lipinski definition) is 2. The van der Waals surface area contributed by atoms with Gasteiger partial charge in [0.15, 0.2) is 0 Å². The molecule has 0 aromatic rings. The van der Waals surface area contributed by atoms with Crippen LogP contribution in [-0.2, 0) is 9.59 Å². The summed E-state index contributed by atoms with van der Waals surface area (Å²) >= 11 is 0. The Bertz CT molecular complexity index is 398. The summed E-state index contributed by atoms with van der Waals surface area (Å²) in [5, 5.41) is 11.9. The number of carbonyl (C=O) groups excluding carboxylic acids is 2. The van der Waals surface area contributed by atoms with E-state index in [4.69, 9.17) is 0 Å². The highest BCUT2D eigenvalue weighted by Gasteiger charge is 2.39. The van der Waals surface area contributed by atoms with E-state index in [-0.39, 0.29) is 24.4 Å². The van der Waals surface area contributed by atoms with Gasteiger partial charge in [0.1, 0.15) is 12.6 Å². The molecule has 0 bridgehead atoms. The number of nitrogens with one attached hydrogen (secondary N) is 1. The van der Waals surface area contributed by atoms with Gasteiger partial charge in [-0.05, 0) is 18.8 Å². The Morgan fingerprint density at radius 1 is 1.37 bits per heavy atom. The standard InChI is InChI=1S/C12H19N3O4/c1-8-3-2-5-15(10(8)11(17)18)12(19)14-6-4-13-9(16)7-14/h8,10H,2-7H2,1H3,(H,13,16)(H,17,18). The zero-order valence-electron chi connectivity index (χ0n) is 11.0. The van der Waals surface area contributed by atoms with E-state index in [9.17, 15) is 19.5 Å². The molecule has 2 fully saturated rings. The van der Waals surface area contributed by atoms with Gasteiger partial charge in [-0.1, -0.05) is 6.92 Å². The quantitative estimate of drug-likeness (QED) is 0.685. The number of piperazine rings is 1. The van der Waals surface area contributed by atoms with Crippen LogP contribution in [0.5, 0.6) is 0 Å². The molecule has 2 aliphatic rings. The molecule has 0 aliphatic carbocycles. The average molecular weight is 269 g/mol. The first-order chi connectivity index (χ1) is 9.00. The van der Waals surface area contributed by atoms with E-state index < -0.39 is 12.0 Å². The van der Waals surface area contributed by atoms with Crippen molar-refractivity contribution in [1.82, 2.24) is 15.1 Å². The van der Waals surface area contributed by atoms with Crippen molar-refractivity contribution in [3.8, 4) is 0 Å². The molecule has 2 N–H and O–H groups in total. The molecule has 0 spiro atoms. The number of carbonyl (C=O) groups is 3. The second-order valence-corrected chi connectivity index (χ2v) is 5.15. The van der Waals surface area contributed by atoms with Crippen LogP contribution in [-0.4, -0.2) is 65.0 Å². The number of urea groups is 1. The van der Waals surface area contributed by atoms with Crippen LogP contribution in [0.1, 0.15) is 19.8 Å². The highest BCUT2D eigenvalue weighted by Crippen LogP contribution is 2.24. The Balaban J connectivity index is 2.11. The van der Waals surface area contributed by atoms with Crippen LogP contribution >= 0.6 is 0 Å². The van der Waals surface area contributed by atoms with Crippen LogP contribution in [0.15, 0.2) is 0 Å². The van der Waals surface area contributed by atoms with Crippen LogP contribution in [0.3, 0.4) is 0 Å². The maximum Gasteiger partial charge on any atom is 0.326 e. The largest absolute Gasteiger partial charge is 0.480 e. The molecular formula is C12H19N3O4. The number of nitrogens with zero attached hydrogens (tertiary/aromatic N) is 2. The minimum absolute atomic E-state index is 0.00997. The van der Waals surface area contributed by atoms with Crippen LogP contribution in [0.4, 0.5) is 4.79 Å². The Labute approximate surface area is 111 Å². The van der Waals surface area contributed by atoms with E-state index in [2.05, 4.69) is 5.32 Å². The summed E-state index contributed by atoms with van der Waals surface area (Å²) in [4.78, 5) is 37.8. The van der Waals surface area contributed by atoms with Gasteiger partial charge in [-0.15, -0.1) is 0 Å². The van der Waals surface area contributed by atoms with Crippen molar-refractivity contribution in [1.29, 1.82) is 0 Å². The third-order valence-electron chi connectivity index (χ3n) is 3.74. The highest BCUT2D eigenvalue weighted by atomic mass is 16.4. The lowest BCUT2D eigenvalue weighted by Gasteiger charge is -2.40. The maximum atomic E-state index is 12.4. The number of aliphatic carboxylic acids is 1. The number of likely N-dealkylation sites (tertiary alicyclic amines) is 1. The van der Waals surface area contributed by atoms with Gasteiger partial charge in [-0.2, -0.15) is 0 Å². The van der Waals surface area contributed by atoms with E-state index >= 15 is 0 Å². The van der Waals surface area contributed by atoms with Crippen molar-refractivity contribution >= 4 is 17.9 Å². The number of carboxylic acid groups (broad SMARTS) is 1. The van der Waals surface area contributed by atoms with Crippen LogP contribution in [0.25, 0.3) is 0 Å². The Kier molecular flexibility index (Phi) is 3.92. The SMILES string of the molecule is CC1CCCN(C(=O)N2CCNC(=O)C2)C1C(=O)O. The summed E-state index contributed by atoms with van der Waals surface area (Å²) in [6.45, 7) is 3.16. The van der Waals surface area contributed by atoms with Gasteiger partial charge >= 0.3 is 12.0 Å². The maximum absolute atomic E-state index is 12.4. The van der Waals surface area contributed by atoms with Gasteiger partial charge in [0.05, 0.1) is 0 Å². The van der Waals surface area contributed by atoms with Gasteiger partial charge in [-0.25, -0.2) is 9.59 Å². The number of carboxylic acids is 1. The fourth-order valence-corrected chi connectivity index (χ4v) is 2.76. The van der Waals surface area contributed by atoms with Crippen LogP contribution in [0, 0.1) is 5.92 Å². The van der Waals surface area contributed by atoms with Crippen LogP contribution < -0.4 is 5.32 Å². The number of rotatable bonds is 1. The molecule has 2 aliphatic heterocycles. The van der Waals surface area contributed by atoms with Crippen molar-refractivity contribution < 1.29 is 19.5 Å². The molecule has 2 rings (SSSR count).